The predicted molar refractivity (Wildman–Crippen MR) is 98.9 cm³/mol. The lowest BCUT2D eigenvalue weighted by Crippen LogP contribution is -2.61. The molecule has 0 unspecified atom stereocenters. The van der Waals surface area contributed by atoms with E-state index in [1.807, 2.05) is 0 Å². The Bertz CT molecular complexity index is 555. The van der Waals surface area contributed by atoms with Crippen molar-refractivity contribution in [1.29, 1.82) is 0 Å². The minimum absolute atomic E-state index is 0.340. The SMILES string of the molecule is C[C@@H](CCc1ccccc1)N[C@H](C)C12C[C@H]3C[C@@H](CC(O)(C3)C1)C2. The maximum absolute atomic E-state index is 11.0. The van der Waals surface area contributed by atoms with Gasteiger partial charge in [-0.3, -0.25) is 0 Å². The van der Waals surface area contributed by atoms with Crippen molar-refractivity contribution in [3.05, 3.63) is 35.9 Å². The molecule has 0 saturated heterocycles. The van der Waals surface area contributed by atoms with Crippen LogP contribution < -0.4 is 5.32 Å². The summed E-state index contributed by atoms with van der Waals surface area (Å²) < 4.78 is 0. The average molecular weight is 328 g/mol. The summed E-state index contributed by atoms with van der Waals surface area (Å²) in [5.41, 5.74) is 1.44. The second-order valence-corrected chi connectivity index (χ2v) is 9.36. The molecule has 0 spiro atoms. The lowest BCUT2D eigenvalue weighted by molar-refractivity contribution is -0.172. The number of benzene rings is 1. The first-order valence-corrected chi connectivity index (χ1v) is 9.99. The molecular weight excluding hydrogens is 294 g/mol. The zero-order valence-corrected chi connectivity index (χ0v) is 15.3. The molecule has 0 aromatic heterocycles. The molecule has 4 bridgehead atoms. The third-order valence-electron chi connectivity index (χ3n) is 7.24. The molecule has 0 radical (unpaired) electrons. The first-order valence-electron chi connectivity index (χ1n) is 9.99. The van der Waals surface area contributed by atoms with Crippen molar-refractivity contribution in [3.8, 4) is 0 Å². The van der Waals surface area contributed by atoms with Crippen LogP contribution in [0.3, 0.4) is 0 Å². The molecule has 2 heteroatoms. The van der Waals surface area contributed by atoms with Crippen LogP contribution in [0.25, 0.3) is 0 Å². The Hall–Kier alpha value is -0.860. The van der Waals surface area contributed by atoms with E-state index in [-0.39, 0.29) is 5.60 Å². The topological polar surface area (TPSA) is 32.3 Å². The standard InChI is InChI=1S/C22H33NO/c1-16(8-9-18-6-4-3-5-7-18)23-17(2)21-11-19-10-20(12-21)14-22(24,13-19)15-21/h3-7,16-17,19-20,23-24H,8-15H2,1-2H3/t16-,17+,19+,20+,21?,22?/m0/s1. The van der Waals surface area contributed by atoms with Gasteiger partial charge in [0.25, 0.3) is 0 Å². The van der Waals surface area contributed by atoms with Gasteiger partial charge in [0.1, 0.15) is 0 Å². The van der Waals surface area contributed by atoms with Crippen LogP contribution in [-0.2, 0) is 6.42 Å². The smallest absolute Gasteiger partial charge is 0.0659 e. The van der Waals surface area contributed by atoms with Gasteiger partial charge in [-0.05, 0) is 88.0 Å². The average Bonchev–Trinajstić information content (AvgIpc) is 2.51. The summed E-state index contributed by atoms with van der Waals surface area (Å²) >= 11 is 0. The molecule has 4 aliphatic carbocycles. The van der Waals surface area contributed by atoms with Gasteiger partial charge in [0.15, 0.2) is 0 Å². The van der Waals surface area contributed by atoms with Crippen molar-refractivity contribution in [2.24, 2.45) is 17.3 Å². The number of rotatable bonds is 6. The van der Waals surface area contributed by atoms with Gasteiger partial charge in [-0.15, -0.1) is 0 Å². The molecule has 4 saturated carbocycles. The molecule has 2 nitrogen and oxygen atoms in total. The van der Waals surface area contributed by atoms with Crippen molar-refractivity contribution < 1.29 is 5.11 Å². The van der Waals surface area contributed by atoms with Crippen molar-refractivity contribution in [2.75, 3.05) is 0 Å². The van der Waals surface area contributed by atoms with E-state index in [2.05, 4.69) is 49.5 Å². The molecule has 132 valence electrons. The molecule has 0 amide bonds. The molecule has 5 rings (SSSR count). The lowest BCUT2D eigenvalue weighted by Gasteiger charge is -2.62. The maximum atomic E-state index is 11.0. The van der Waals surface area contributed by atoms with Crippen LogP contribution in [0.1, 0.15) is 64.4 Å². The molecule has 0 aliphatic heterocycles. The Morgan fingerprint density at radius 3 is 2.38 bits per heavy atom. The molecule has 4 fully saturated rings. The Morgan fingerprint density at radius 1 is 1.08 bits per heavy atom. The van der Waals surface area contributed by atoms with Crippen molar-refractivity contribution >= 4 is 0 Å². The van der Waals surface area contributed by atoms with Crippen LogP contribution in [0.15, 0.2) is 30.3 Å². The molecule has 0 heterocycles. The Balaban J connectivity index is 1.36. The highest BCUT2D eigenvalue weighted by atomic mass is 16.3. The van der Waals surface area contributed by atoms with Crippen molar-refractivity contribution in [3.63, 3.8) is 0 Å². The van der Waals surface area contributed by atoms with E-state index in [9.17, 15) is 5.11 Å². The molecule has 4 atom stereocenters. The van der Waals surface area contributed by atoms with E-state index >= 15 is 0 Å². The molecule has 1 aromatic carbocycles. The fraction of sp³-hybridized carbons (Fsp3) is 0.727. The molecular formula is C22H33NO. The van der Waals surface area contributed by atoms with Crippen LogP contribution >= 0.6 is 0 Å². The fourth-order valence-corrected chi connectivity index (χ4v) is 6.51. The van der Waals surface area contributed by atoms with E-state index in [0.29, 0.717) is 17.5 Å². The summed E-state index contributed by atoms with van der Waals surface area (Å²) in [5.74, 6) is 1.56. The number of nitrogens with one attached hydrogen (secondary N) is 1. The summed E-state index contributed by atoms with van der Waals surface area (Å²) in [5, 5.41) is 14.9. The van der Waals surface area contributed by atoms with Crippen LogP contribution in [0, 0.1) is 17.3 Å². The molecule has 24 heavy (non-hydrogen) atoms. The second kappa shape index (κ2) is 6.14. The number of aliphatic hydroxyl groups is 1. The van der Waals surface area contributed by atoms with Gasteiger partial charge in [0.05, 0.1) is 5.60 Å². The first-order chi connectivity index (χ1) is 11.5. The number of hydrogen-bond acceptors (Lipinski definition) is 2. The quantitative estimate of drug-likeness (QED) is 0.815. The second-order valence-electron chi connectivity index (χ2n) is 9.36. The fourth-order valence-electron chi connectivity index (χ4n) is 6.51. The van der Waals surface area contributed by atoms with Crippen LogP contribution in [0.5, 0.6) is 0 Å². The van der Waals surface area contributed by atoms with Crippen molar-refractivity contribution in [2.45, 2.75) is 82.9 Å². The van der Waals surface area contributed by atoms with Gasteiger partial charge < -0.3 is 10.4 Å². The summed E-state index contributed by atoms with van der Waals surface area (Å²) in [6, 6.07) is 11.8. The van der Waals surface area contributed by atoms with Crippen molar-refractivity contribution in [1.82, 2.24) is 5.32 Å². The van der Waals surface area contributed by atoms with Crippen LogP contribution in [-0.4, -0.2) is 22.8 Å². The minimum Gasteiger partial charge on any atom is -0.390 e. The third-order valence-corrected chi connectivity index (χ3v) is 7.24. The highest BCUT2D eigenvalue weighted by molar-refractivity contribution is 5.15. The van der Waals surface area contributed by atoms with Gasteiger partial charge >= 0.3 is 0 Å². The van der Waals surface area contributed by atoms with Gasteiger partial charge in [-0.2, -0.15) is 0 Å². The van der Waals surface area contributed by atoms with Gasteiger partial charge in [-0.25, -0.2) is 0 Å². The van der Waals surface area contributed by atoms with Gasteiger partial charge in [0.2, 0.25) is 0 Å². The lowest BCUT2D eigenvalue weighted by atomic mass is 9.46. The molecule has 4 aliphatic rings. The molecule has 2 N–H and O–H groups in total. The Labute approximate surface area is 147 Å². The third kappa shape index (κ3) is 3.15. The first kappa shape index (κ1) is 16.6. The maximum Gasteiger partial charge on any atom is 0.0659 e. The highest BCUT2D eigenvalue weighted by Crippen LogP contribution is 2.62. The monoisotopic (exact) mass is 327 g/mol. The van der Waals surface area contributed by atoms with E-state index in [0.717, 1.165) is 37.5 Å². The van der Waals surface area contributed by atoms with E-state index in [1.54, 1.807) is 0 Å². The minimum atomic E-state index is -0.340. The van der Waals surface area contributed by atoms with Crippen LogP contribution in [0.2, 0.25) is 0 Å². The van der Waals surface area contributed by atoms with E-state index < -0.39 is 0 Å². The number of hydrogen-bond donors (Lipinski definition) is 2. The number of aryl methyl sites for hydroxylation is 1. The van der Waals surface area contributed by atoms with Gasteiger partial charge in [0, 0.05) is 12.1 Å². The van der Waals surface area contributed by atoms with Crippen LogP contribution in [0.4, 0.5) is 0 Å². The van der Waals surface area contributed by atoms with E-state index in [4.69, 9.17) is 0 Å². The van der Waals surface area contributed by atoms with Gasteiger partial charge in [-0.1, -0.05) is 30.3 Å². The molecule has 1 aromatic rings. The largest absolute Gasteiger partial charge is 0.390 e. The summed E-state index contributed by atoms with van der Waals surface area (Å²) in [4.78, 5) is 0. The zero-order valence-electron chi connectivity index (χ0n) is 15.3. The zero-order chi connectivity index (χ0) is 16.8. The normalized spacial score (nSPS) is 39.8. The summed E-state index contributed by atoms with van der Waals surface area (Å²) in [7, 11) is 0. The Kier molecular flexibility index (Phi) is 4.25. The Morgan fingerprint density at radius 2 is 1.75 bits per heavy atom. The summed E-state index contributed by atoms with van der Waals surface area (Å²) in [6.45, 7) is 4.71. The highest BCUT2D eigenvalue weighted by Gasteiger charge is 2.58. The predicted octanol–water partition coefficient (Wildman–Crippen LogP) is 4.32. The summed E-state index contributed by atoms with van der Waals surface area (Å²) in [6.07, 6.45) is 9.55. The van der Waals surface area contributed by atoms with E-state index in [1.165, 1.54) is 31.2 Å².